The fraction of sp³-hybridized carbons (Fsp3) is 0.550. The highest BCUT2D eigenvalue weighted by atomic mass is 19.1. The molecule has 1 saturated carbocycles. The molecule has 2 atom stereocenters. The number of imide groups is 1. The Morgan fingerprint density at radius 1 is 1.33 bits per heavy atom. The van der Waals surface area contributed by atoms with E-state index in [1.807, 2.05) is 0 Å². The van der Waals surface area contributed by atoms with E-state index in [9.17, 15) is 18.8 Å². The Bertz CT molecular complexity index is 808. The van der Waals surface area contributed by atoms with Gasteiger partial charge in [0, 0.05) is 5.69 Å². The molecule has 1 heterocycles. The van der Waals surface area contributed by atoms with Crippen molar-refractivity contribution in [3.8, 4) is 0 Å². The quantitative estimate of drug-likeness (QED) is 0.797. The highest BCUT2D eigenvalue weighted by molar-refractivity contribution is 6.10. The molecule has 3 rings (SSSR count). The number of amides is 4. The SMILES string of the molecule is Cc1cc(F)ccc1NC(=O)CN1C(=O)NC2(CC(C)CC(C)(C)C2)C1=O. The van der Waals surface area contributed by atoms with Crippen LogP contribution in [0.1, 0.15) is 45.6 Å². The Hall–Kier alpha value is -2.44. The summed E-state index contributed by atoms with van der Waals surface area (Å²) >= 11 is 0. The summed E-state index contributed by atoms with van der Waals surface area (Å²) in [5, 5.41) is 5.49. The summed E-state index contributed by atoms with van der Waals surface area (Å²) < 4.78 is 13.2. The van der Waals surface area contributed by atoms with E-state index in [4.69, 9.17) is 0 Å². The van der Waals surface area contributed by atoms with Gasteiger partial charge in [-0.3, -0.25) is 14.5 Å². The zero-order chi connectivity index (χ0) is 20.0. The molecule has 2 unspecified atom stereocenters. The number of nitrogens with one attached hydrogen (secondary N) is 2. The molecule has 1 aliphatic carbocycles. The summed E-state index contributed by atoms with van der Waals surface area (Å²) in [6.07, 6.45) is 2.13. The molecule has 4 amide bonds. The molecule has 1 aromatic rings. The van der Waals surface area contributed by atoms with E-state index in [0.29, 0.717) is 30.0 Å². The molecule has 1 aromatic carbocycles. The molecule has 27 heavy (non-hydrogen) atoms. The van der Waals surface area contributed by atoms with Crippen molar-refractivity contribution in [2.24, 2.45) is 11.3 Å². The van der Waals surface area contributed by atoms with Gasteiger partial charge < -0.3 is 10.6 Å². The van der Waals surface area contributed by atoms with Gasteiger partial charge in [-0.15, -0.1) is 0 Å². The Labute approximate surface area is 158 Å². The molecule has 6 nitrogen and oxygen atoms in total. The molecule has 1 aliphatic heterocycles. The maximum atomic E-state index is 13.2. The van der Waals surface area contributed by atoms with Gasteiger partial charge in [0.15, 0.2) is 0 Å². The predicted octanol–water partition coefficient (Wildman–Crippen LogP) is 3.21. The summed E-state index contributed by atoms with van der Waals surface area (Å²) in [6.45, 7) is 7.58. The van der Waals surface area contributed by atoms with Crippen molar-refractivity contribution < 1.29 is 18.8 Å². The van der Waals surface area contributed by atoms with Crippen molar-refractivity contribution in [3.63, 3.8) is 0 Å². The third-order valence-electron chi connectivity index (χ3n) is 5.39. The van der Waals surface area contributed by atoms with Crippen LogP contribution in [0.2, 0.25) is 0 Å². The Kier molecular flexibility index (Phi) is 4.74. The number of hydrogen-bond donors (Lipinski definition) is 2. The van der Waals surface area contributed by atoms with E-state index in [2.05, 4.69) is 31.4 Å². The summed E-state index contributed by atoms with van der Waals surface area (Å²) in [6, 6.07) is 3.48. The topological polar surface area (TPSA) is 78.5 Å². The van der Waals surface area contributed by atoms with E-state index in [-0.39, 0.29) is 17.9 Å². The first-order chi connectivity index (χ1) is 12.5. The van der Waals surface area contributed by atoms with Crippen molar-refractivity contribution in [2.75, 3.05) is 11.9 Å². The Balaban J connectivity index is 1.73. The second-order valence-corrected chi connectivity index (χ2v) is 8.77. The van der Waals surface area contributed by atoms with Gasteiger partial charge in [0.1, 0.15) is 17.9 Å². The first-order valence-corrected chi connectivity index (χ1v) is 9.21. The number of carbonyl (C=O) groups excluding carboxylic acids is 3. The van der Waals surface area contributed by atoms with Crippen molar-refractivity contribution in [2.45, 2.75) is 52.5 Å². The molecule has 2 N–H and O–H groups in total. The minimum Gasteiger partial charge on any atom is -0.324 e. The van der Waals surface area contributed by atoms with Crippen LogP contribution in [0.15, 0.2) is 18.2 Å². The van der Waals surface area contributed by atoms with Gasteiger partial charge in [-0.25, -0.2) is 9.18 Å². The molecule has 7 heteroatoms. The maximum absolute atomic E-state index is 13.2. The van der Waals surface area contributed by atoms with E-state index < -0.39 is 23.3 Å². The minimum atomic E-state index is -0.926. The number of benzene rings is 1. The molecule has 146 valence electrons. The van der Waals surface area contributed by atoms with Crippen LogP contribution in [0.5, 0.6) is 0 Å². The first-order valence-electron chi connectivity index (χ1n) is 9.21. The zero-order valence-electron chi connectivity index (χ0n) is 16.2. The fourth-order valence-electron chi connectivity index (χ4n) is 4.75. The van der Waals surface area contributed by atoms with Gasteiger partial charge in [0.2, 0.25) is 5.91 Å². The van der Waals surface area contributed by atoms with Gasteiger partial charge in [-0.05, 0) is 61.3 Å². The number of rotatable bonds is 3. The van der Waals surface area contributed by atoms with E-state index >= 15 is 0 Å². The van der Waals surface area contributed by atoms with E-state index in [1.165, 1.54) is 18.2 Å². The lowest BCUT2D eigenvalue weighted by atomic mass is 9.64. The predicted molar refractivity (Wildman–Crippen MR) is 99.5 cm³/mol. The largest absolute Gasteiger partial charge is 0.325 e. The standard InChI is InChI=1S/C20H26FN3O3/c1-12-8-19(3,4)11-20(9-12)17(26)24(18(27)23-20)10-16(25)22-15-6-5-14(21)7-13(15)2/h5-7,12H,8-11H2,1-4H3,(H,22,25)(H,23,27). The highest BCUT2D eigenvalue weighted by Crippen LogP contribution is 2.46. The van der Waals surface area contributed by atoms with Crippen LogP contribution in [0, 0.1) is 24.1 Å². The third-order valence-corrected chi connectivity index (χ3v) is 5.39. The number of hydrogen-bond acceptors (Lipinski definition) is 3. The number of carbonyl (C=O) groups is 3. The first kappa shape index (κ1) is 19.3. The maximum Gasteiger partial charge on any atom is 0.325 e. The lowest BCUT2D eigenvalue weighted by molar-refractivity contribution is -0.136. The smallest absolute Gasteiger partial charge is 0.324 e. The molecule has 1 spiro atoms. The number of urea groups is 1. The summed E-state index contributed by atoms with van der Waals surface area (Å²) in [5.74, 6) is -0.921. The lowest BCUT2D eigenvalue weighted by Gasteiger charge is -2.43. The fourth-order valence-corrected chi connectivity index (χ4v) is 4.75. The van der Waals surface area contributed by atoms with E-state index in [1.54, 1.807) is 6.92 Å². The monoisotopic (exact) mass is 375 g/mol. The van der Waals surface area contributed by atoms with Gasteiger partial charge in [0.25, 0.3) is 5.91 Å². The van der Waals surface area contributed by atoms with Crippen LogP contribution < -0.4 is 10.6 Å². The third kappa shape index (κ3) is 3.82. The number of aryl methyl sites for hydroxylation is 1. The van der Waals surface area contributed by atoms with Gasteiger partial charge in [-0.2, -0.15) is 0 Å². The van der Waals surface area contributed by atoms with Crippen molar-refractivity contribution in [1.82, 2.24) is 10.2 Å². The minimum absolute atomic E-state index is 0.0654. The average Bonchev–Trinajstić information content (AvgIpc) is 2.72. The Morgan fingerprint density at radius 3 is 2.67 bits per heavy atom. The summed E-state index contributed by atoms with van der Waals surface area (Å²) in [5.41, 5.74) is 0.0319. The van der Waals surface area contributed by atoms with Crippen molar-refractivity contribution in [1.29, 1.82) is 0 Å². The molecule has 0 radical (unpaired) electrons. The average molecular weight is 375 g/mol. The number of halogens is 1. The van der Waals surface area contributed by atoms with Crippen molar-refractivity contribution in [3.05, 3.63) is 29.6 Å². The molecular formula is C20H26FN3O3. The second-order valence-electron chi connectivity index (χ2n) is 8.77. The molecular weight excluding hydrogens is 349 g/mol. The van der Waals surface area contributed by atoms with Crippen LogP contribution in [0.3, 0.4) is 0 Å². The lowest BCUT2D eigenvalue weighted by Crippen LogP contribution is -2.54. The van der Waals surface area contributed by atoms with Crippen LogP contribution in [-0.2, 0) is 9.59 Å². The number of anilines is 1. The molecule has 1 saturated heterocycles. The molecule has 2 aliphatic rings. The molecule has 2 fully saturated rings. The van der Waals surface area contributed by atoms with Gasteiger partial charge in [-0.1, -0.05) is 20.8 Å². The number of nitrogens with zero attached hydrogens (tertiary/aromatic N) is 1. The normalized spacial score (nSPS) is 27.0. The van der Waals surface area contributed by atoms with E-state index in [0.717, 1.165) is 11.3 Å². The second kappa shape index (κ2) is 6.62. The van der Waals surface area contributed by atoms with Crippen molar-refractivity contribution >= 4 is 23.5 Å². The summed E-state index contributed by atoms with van der Waals surface area (Å²) in [7, 11) is 0. The molecule has 0 bridgehead atoms. The summed E-state index contributed by atoms with van der Waals surface area (Å²) in [4.78, 5) is 38.8. The Morgan fingerprint density at radius 2 is 2.04 bits per heavy atom. The van der Waals surface area contributed by atoms with Gasteiger partial charge >= 0.3 is 6.03 Å². The highest BCUT2D eigenvalue weighted by Gasteiger charge is 2.56. The van der Waals surface area contributed by atoms with Gasteiger partial charge in [0.05, 0.1) is 0 Å². The molecule has 0 aromatic heterocycles. The van der Waals surface area contributed by atoms with Crippen LogP contribution >= 0.6 is 0 Å². The van der Waals surface area contributed by atoms with Crippen LogP contribution in [0.4, 0.5) is 14.9 Å². The van der Waals surface area contributed by atoms with Crippen LogP contribution in [-0.4, -0.2) is 34.8 Å². The van der Waals surface area contributed by atoms with Crippen LogP contribution in [0.25, 0.3) is 0 Å². The zero-order valence-corrected chi connectivity index (χ0v) is 16.2.